The van der Waals surface area contributed by atoms with Crippen LogP contribution >= 0.6 is 0 Å². The van der Waals surface area contributed by atoms with E-state index in [9.17, 15) is 4.79 Å². The fourth-order valence-electron chi connectivity index (χ4n) is 2.57. The van der Waals surface area contributed by atoms with Gasteiger partial charge >= 0.3 is 6.09 Å². The zero-order chi connectivity index (χ0) is 17.8. The lowest BCUT2D eigenvalue weighted by Crippen LogP contribution is -2.46. The minimum atomic E-state index is -1.79. The van der Waals surface area contributed by atoms with Crippen LogP contribution in [0.15, 0.2) is 30.3 Å². The van der Waals surface area contributed by atoms with Gasteiger partial charge in [0.15, 0.2) is 8.32 Å². The van der Waals surface area contributed by atoms with Gasteiger partial charge in [-0.15, -0.1) is 0 Å². The van der Waals surface area contributed by atoms with Crippen molar-refractivity contribution in [3.8, 4) is 0 Å². The second kappa shape index (κ2) is 7.70. The van der Waals surface area contributed by atoms with Crippen LogP contribution < -0.4 is 0 Å². The zero-order valence-electron chi connectivity index (χ0n) is 15.7. The van der Waals surface area contributed by atoms with E-state index in [0.29, 0.717) is 13.2 Å². The number of rotatable bonds is 5. The Morgan fingerprint density at radius 3 is 2.54 bits per heavy atom. The standard InChI is InChI=1S/C19H31NO3Si/c1-19(2,3)24(4,5)23-15-17-12-9-13-20(17)18(21)22-14-16-10-7-6-8-11-16/h6-8,10-11,17H,9,12-15H2,1-5H3. The van der Waals surface area contributed by atoms with E-state index < -0.39 is 8.32 Å². The summed E-state index contributed by atoms with van der Waals surface area (Å²) >= 11 is 0. The second-order valence-corrected chi connectivity index (χ2v) is 12.9. The Labute approximate surface area is 147 Å². The van der Waals surface area contributed by atoms with Crippen molar-refractivity contribution in [3.05, 3.63) is 35.9 Å². The Bertz CT molecular complexity index is 539. The maximum absolute atomic E-state index is 12.4. The molecular weight excluding hydrogens is 318 g/mol. The first-order chi connectivity index (χ1) is 11.2. The number of hydrogen-bond donors (Lipinski definition) is 0. The maximum atomic E-state index is 12.4. The van der Waals surface area contributed by atoms with Gasteiger partial charge in [0, 0.05) is 6.54 Å². The molecule has 1 fully saturated rings. The number of likely N-dealkylation sites (tertiary alicyclic amines) is 1. The van der Waals surface area contributed by atoms with Gasteiger partial charge in [0.25, 0.3) is 0 Å². The molecule has 2 rings (SSSR count). The zero-order valence-corrected chi connectivity index (χ0v) is 16.7. The van der Waals surface area contributed by atoms with Gasteiger partial charge in [-0.1, -0.05) is 51.1 Å². The smallest absolute Gasteiger partial charge is 0.410 e. The van der Waals surface area contributed by atoms with Crippen LogP contribution in [0.2, 0.25) is 18.1 Å². The van der Waals surface area contributed by atoms with Gasteiger partial charge in [0.05, 0.1) is 12.6 Å². The number of hydrogen-bond acceptors (Lipinski definition) is 3. The molecule has 1 aromatic carbocycles. The molecule has 0 radical (unpaired) electrons. The Morgan fingerprint density at radius 2 is 1.92 bits per heavy atom. The lowest BCUT2D eigenvalue weighted by atomic mass is 10.2. The first-order valence-electron chi connectivity index (χ1n) is 8.82. The second-order valence-electron chi connectivity index (χ2n) is 8.10. The van der Waals surface area contributed by atoms with Crippen LogP contribution in [-0.4, -0.2) is 38.5 Å². The maximum Gasteiger partial charge on any atom is 0.410 e. The number of carbonyl (C=O) groups is 1. The third-order valence-electron chi connectivity index (χ3n) is 5.26. The number of ether oxygens (including phenoxy) is 1. The Balaban J connectivity index is 1.87. The van der Waals surface area contributed by atoms with E-state index in [-0.39, 0.29) is 17.2 Å². The van der Waals surface area contributed by atoms with Crippen LogP contribution in [0.25, 0.3) is 0 Å². The van der Waals surface area contributed by atoms with Crippen LogP contribution in [0.4, 0.5) is 4.79 Å². The summed E-state index contributed by atoms with van der Waals surface area (Å²) in [6, 6.07) is 9.94. The molecule has 1 unspecified atom stereocenters. The van der Waals surface area contributed by atoms with Gasteiger partial charge in [-0.25, -0.2) is 4.79 Å². The van der Waals surface area contributed by atoms with E-state index in [1.165, 1.54) is 0 Å². The summed E-state index contributed by atoms with van der Waals surface area (Å²) in [5.41, 5.74) is 1.01. The fraction of sp³-hybridized carbons (Fsp3) is 0.632. The summed E-state index contributed by atoms with van der Waals surface area (Å²) in [5.74, 6) is 0. The molecule has 0 aromatic heterocycles. The Morgan fingerprint density at radius 1 is 1.25 bits per heavy atom. The molecule has 5 heteroatoms. The summed E-state index contributed by atoms with van der Waals surface area (Å²) in [4.78, 5) is 14.3. The molecule has 1 saturated heterocycles. The molecule has 0 aliphatic carbocycles. The minimum absolute atomic E-state index is 0.141. The van der Waals surface area contributed by atoms with E-state index in [4.69, 9.17) is 9.16 Å². The molecule has 1 heterocycles. The average molecular weight is 350 g/mol. The van der Waals surface area contributed by atoms with Gasteiger partial charge in [-0.05, 0) is 36.5 Å². The largest absolute Gasteiger partial charge is 0.445 e. The predicted octanol–water partition coefficient (Wildman–Crippen LogP) is 4.81. The molecular formula is C19H31NO3Si. The van der Waals surface area contributed by atoms with Crippen LogP contribution in [0, 0.1) is 0 Å². The van der Waals surface area contributed by atoms with E-state index in [2.05, 4.69) is 33.9 Å². The average Bonchev–Trinajstić information content (AvgIpc) is 2.99. The first-order valence-corrected chi connectivity index (χ1v) is 11.7. The molecule has 1 aliphatic rings. The van der Waals surface area contributed by atoms with Gasteiger partial charge in [-0.2, -0.15) is 0 Å². The molecule has 1 amide bonds. The van der Waals surface area contributed by atoms with E-state index in [1.54, 1.807) is 0 Å². The van der Waals surface area contributed by atoms with Gasteiger partial charge in [-0.3, -0.25) is 0 Å². The van der Waals surface area contributed by atoms with Crippen LogP contribution in [0.1, 0.15) is 39.2 Å². The number of carbonyl (C=O) groups excluding carboxylic acids is 1. The van der Waals surface area contributed by atoms with Gasteiger partial charge in [0.1, 0.15) is 6.61 Å². The molecule has 1 aliphatic heterocycles. The third-order valence-corrected chi connectivity index (χ3v) is 9.76. The number of nitrogens with zero attached hydrogens (tertiary/aromatic N) is 1. The van der Waals surface area contributed by atoms with Crippen molar-refractivity contribution in [2.45, 2.75) is 64.4 Å². The molecule has 1 aromatic rings. The third kappa shape index (κ3) is 4.83. The molecule has 1 atom stereocenters. The summed E-state index contributed by atoms with van der Waals surface area (Å²) in [7, 11) is -1.79. The first kappa shape index (κ1) is 19.0. The normalized spacial score (nSPS) is 18.7. The lowest BCUT2D eigenvalue weighted by Gasteiger charge is -2.37. The molecule has 4 nitrogen and oxygen atoms in total. The highest BCUT2D eigenvalue weighted by atomic mass is 28.4. The summed E-state index contributed by atoms with van der Waals surface area (Å²) < 4.78 is 11.8. The van der Waals surface area contributed by atoms with Crippen LogP contribution in [-0.2, 0) is 15.8 Å². The van der Waals surface area contributed by atoms with Crippen molar-refractivity contribution in [2.75, 3.05) is 13.2 Å². The van der Waals surface area contributed by atoms with E-state index in [1.807, 2.05) is 35.2 Å². The van der Waals surface area contributed by atoms with E-state index >= 15 is 0 Å². The molecule has 0 N–H and O–H groups in total. The van der Waals surface area contributed by atoms with Crippen molar-refractivity contribution < 1.29 is 14.0 Å². The fourth-order valence-corrected chi connectivity index (χ4v) is 3.61. The van der Waals surface area contributed by atoms with Crippen molar-refractivity contribution in [3.63, 3.8) is 0 Å². The highest BCUT2D eigenvalue weighted by molar-refractivity contribution is 6.74. The lowest BCUT2D eigenvalue weighted by molar-refractivity contribution is 0.0808. The van der Waals surface area contributed by atoms with Crippen molar-refractivity contribution in [1.29, 1.82) is 0 Å². The van der Waals surface area contributed by atoms with Crippen LogP contribution in [0.5, 0.6) is 0 Å². The highest BCUT2D eigenvalue weighted by Crippen LogP contribution is 2.37. The van der Waals surface area contributed by atoms with Crippen molar-refractivity contribution in [1.82, 2.24) is 4.90 Å². The molecule has 0 spiro atoms. The predicted molar refractivity (Wildman–Crippen MR) is 99.5 cm³/mol. The quantitative estimate of drug-likeness (QED) is 0.716. The SMILES string of the molecule is CC(C)(C)[Si](C)(C)OCC1CCCN1C(=O)OCc1ccccc1. The highest BCUT2D eigenvalue weighted by Gasteiger charge is 2.39. The van der Waals surface area contributed by atoms with Crippen molar-refractivity contribution >= 4 is 14.4 Å². The monoisotopic (exact) mass is 349 g/mol. The summed E-state index contributed by atoms with van der Waals surface area (Å²) in [5, 5.41) is 0.185. The Kier molecular flexibility index (Phi) is 6.10. The Hall–Kier alpha value is -1.33. The number of benzene rings is 1. The van der Waals surface area contributed by atoms with E-state index in [0.717, 1.165) is 24.9 Å². The molecule has 134 valence electrons. The molecule has 0 bridgehead atoms. The summed E-state index contributed by atoms with van der Waals surface area (Å²) in [6.45, 7) is 12.9. The summed E-state index contributed by atoms with van der Waals surface area (Å²) in [6.07, 6.45) is 1.79. The van der Waals surface area contributed by atoms with Gasteiger partial charge < -0.3 is 14.1 Å². The number of amides is 1. The van der Waals surface area contributed by atoms with Gasteiger partial charge in [0.2, 0.25) is 0 Å². The molecule has 24 heavy (non-hydrogen) atoms. The molecule has 0 saturated carbocycles. The topological polar surface area (TPSA) is 38.8 Å². The minimum Gasteiger partial charge on any atom is -0.445 e. The van der Waals surface area contributed by atoms with Crippen LogP contribution in [0.3, 0.4) is 0 Å². The van der Waals surface area contributed by atoms with Crippen molar-refractivity contribution in [2.24, 2.45) is 0 Å².